The Kier molecular flexibility index (Phi) is 10.7. The fraction of sp³-hybridized carbons (Fsp3) is 0.400. The van der Waals surface area contributed by atoms with Gasteiger partial charge in [-0.3, -0.25) is 9.98 Å². The van der Waals surface area contributed by atoms with E-state index < -0.39 is 0 Å². The monoisotopic (exact) mass is 468 g/mol. The summed E-state index contributed by atoms with van der Waals surface area (Å²) in [5, 5.41) is 6.57. The molecule has 0 amide bonds. The van der Waals surface area contributed by atoms with Gasteiger partial charge in [-0.1, -0.05) is 36.8 Å². The number of guanidine groups is 1. The van der Waals surface area contributed by atoms with E-state index in [1.807, 2.05) is 12.1 Å². The second kappa shape index (κ2) is 12.5. The molecule has 6 heteroatoms. The summed E-state index contributed by atoms with van der Waals surface area (Å²) >= 11 is 0. The van der Waals surface area contributed by atoms with E-state index in [4.69, 9.17) is 4.74 Å². The number of nitrogens with zero attached hydrogens (tertiary/aromatic N) is 2. The van der Waals surface area contributed by atoms with Crippen molar-refractivity contribution in [1.82, 2.24) is 15.6 Å². The Bertz CT molecular complexity index is 647. The fourth-order valence-corrected chi connectivity index (χ4v) is 2.34. The van der Waals surface area contributed by atoms with E-state index in [0.717, 1.165) is 24.8 Å². The largest absolute Gasteiger partial charge is 0.490 e. The molecule has 0 spiro atoms. The van der Waals surface area contributed by atoms with Crippen LogP contribution in [-0.4, -0.2) is 37.2 Å². The van der Waals surface area contributed by atoms with Crippen molar-refractivity contribution in [2.75, 3.05) is 26.2 Å². The number of pyridine rings is 1. The maximum atomic E-state index is 5.63. The first kappa shape index (κ1) is 22.2. The second-order valence-electron chi connectivity index (χ2n) is 6.00. The van der Waals surface area contributed by atoms with Crippen LogP contribution in [0.4, 0.5) is 0 Å². The summed E-state index contributed by atoms with van der Waals surface area (Å²) in [6.07, 6.45) is 3.44. The highest BCUT2D eigenvalue weighted by molar-refractivity contribution is 14.0. The van der Waals surface area contributed by atoms with Gasteiger partial charge in [0.25, 0.3) is 0 Å². The van der Waals surface area contributed by atoms with Gasteiger partial charge in [-0.15, -0.1) is 24.0 Å². The lowest BCUT2D eigenvalue weighted by Crippen LogP contribution is -2.39. The number of halogens is 1. The quantitative estimate of drug-likeness (QED) is 0.268. The lowest BCUT2D eigenvalue weighted by atomic mass is 10.0. The van der Waals surface area contributed by atoms with E-state index in [0.29, 0.717) is 19.1 Å². The van der Waals surface area contributed by atoms with Gasteiger partial charge in [0.05, 0.1) is 12.7 Å². The molecule has 0 aliphatic rings. The molecule has 26 heavy (non-hydrogen) atoms. The molecule has 0 radical (unpaired) electrons. The normalized spacial score (nSPS) is 12.0. The number of nitrogens with one attached hydrogen (secondary N) is 2. The smallest absolute Gasteiger partial charge is 0.191 e. The van der Waals surface area contributed by atoms with E-state index in [9.17, 15) is 0 Å². The molecule has 0 aliphatic carbocycles. The summed E-state index contributed by atoms with van der Waals surface area (Å²) in [5.74, 6) is 1.97. The molecular weight excluding hydrogens is 439 g/mol. The van der Waals surface area contributed by atoms with Crippen LogP contribution in [0, 0.1) is 6.92 Å². The zero-order valence-corrected chi connectivity index (χ0v) is 18.1. The van der Waals surface area contributed by atoms with Gasteiger partial charge in [-0.05, 0) is 31.5 Å². The fourth-order valence-electron chi connectivity index (χ4n) is 2.34. The number of hydrogen-bond acceptors (Lipinski definition) is 3. The molecule has 142 valence electrons. The van der Waals surface area contributed by atoms with E-state index in [1.54, 1.807) is 12.4 Å². The van der Waals surface area contributed by atoms with Crippen LogP contribution in [0.5, 0.6) is 5.75 Å². The Hall–Kier alpha value is -1.83. The van der Waals surface area contributed by atoms with Gasteiger partial charge in [-0.2, -0.15) is 0 Å². The molecule has 0 bridgehead atoms. The van der Waals surface area contributed by atoms with Crippen molar-refractivity contribution < 1.29 is 4.74 Å². The third-order valence-corrected chi connectivity index (χ3v) is 3.81. The van der Waals surface area contributed by atoms with Crippen molar-refractivity contribution in [2.45, 2.75) is 26.7 Å². The molecule has 0 saturated heterocycles. The zero-order valence-electron chi connectivity index (χ0n) is 15.7. The van der Waals surface area contributed by atoms with Crippen molar-refractivity contribution in [2.24, 2.45) is 4.99 Å². The summed E-state index contributed by atoms with van der Waals surface area (Å²) in [5.41, 5.74) is 2.59. The minimum Gasteiger partial charge on any atom is -0.490 e. The van der Waals surface area contributed by atoms with Crippen LogP contribution in [-0.2, 0) is 0 Å². The highest BCUT2D eigenvalue weighted by Gasteiger charge is 2.05. The van der Waals surface area contributed by atoms with Gasteiger partial charge in [0.15, 0.2) is 5.96 Å². The van der Waals surface area contributed by atoms with Crippen LogP contribution in [0.15, 0.2) is 53.8 Å². The van der Waals surface area contributed by atoms with Crippen molar-refractivity contribution >= 4 is 29.9 Å². The number of rotatable bonds is 8. The molecule has 1 atom stereocenters. The Balaban J connectivity index is 0.00000338. The number of aliphatic imine (C=N–C) groups is 1. The van der Waals surface area contributed by atoms with E-state index in [-0.39, 0.29) is 24.0 Å². The molecule has 1 aromatic heterocycles. The zero-order chi connectivity index (χ0) is 17.9. The Morgan fingerprint density at radius 1 is 1.19 bits per heavy atom. The lowest BCUT2D eigenvalue weighted by molar-refractivity contribution is 0.320. The Morgan fingerprint density at radius 2 is 1.96 bits per heavy atom. The first-order valence-corrected chi connectivity index (χ1v) is 8.80. The molecule has 0 saturated carbocycles. The van der Waals surface area contributed by atoms with Gasteiger partial charge in [0, 0.05) is 25.2 Å². The number of aromatic nitrogens is 1. The maximum Gasteiger partial charge on any atom is 0.191 e. The minimum atomic E-state index is 0. The summed E-state index contributed by atoms with van der Waals surface area (Å²) in [6.45, 7) is 9.17. The molecule has 1 aromatic carbocycles. The first-order chi connectivity index (χ1) is 12.2. The number of ether oxygens (including phenoxy) is 1. The van der Waals surface area contributed by atoms with Crippen molar-refractivity contribution in [1.29, 1.82) is 0 Å². The molecule has 2 N–H and O–H groups in total. The van der Waals surface area contributed by atoms with Gasteiger partial charge in [0.1, 0.15) is 12.4 Å². The maximum absolute atomic E-state index is 5.63. The van der Waals surface area contributed by atoms with Crippen LogP contribution < -0.4 is 15.4 Å². The SMILES string of the molecule is CCNC(=NCC(C)c1ccc(C)cc1)NCCOc1cccnc1.I. The number of benzene rings is 1. The van der Waals surface area contributed by atoms with Gasteiger partial charge >= 0.3 is 0 Å². The van der Waals surface area contributed by atoms with E-state index in [2.05, 4.69) is 65.6 Å². The predicted octanol–water partition coefficient (Wildman–Crippen LogP) is 3.75. The second-order valence-corrected chi connectivity index (χ2v) is 6.00. The van der Waals surface area contributed by atoms with Crippen LogP contribution >= 0.6 is 24.0 Å². The first-order valence-electron chi connectivity index (χ1n) is 8.80. The summed E-state index contributed by atoms with van der Waals surface area (Å²) in [7, 11) is 0. The average Bonchev–Trinajstić information content (AvgIpc) is 2.64. The van der Waals surface area contributed by atoms with E-state index >= 15 is 0 Å². The molecule has 1 heterocycles. The van der Waals surface area contributed by atoms with Gasteiger partial charge in [-0.25, -0.2) is 0 Å². The Labute approximate surface area is 173 Å². The topological polar surface area (TPSA) is 58.5 Å². The Morgan fingerprint density at radius 3 is 2.62 bits per heavy atom. The van der Waals surface area contributed by atoms with Crippen molar-refractivity contribution in [3.05, 3.63) is 59.9 Å². The highest BCUT2D eigenvalue weighted by Crippen LogP contribution is 2.15. The summed E-state index contributed by atoms with van der Waals surface area (Å²) in [6, 6.07) is 12.4. The predicted molar refractivity (Wildman–Crippen MR) is 119 cm³/mol. The van der Waals surface area contributed by atoms with Crippen LogP contribution in [0.3, 0.4) is 0 Å². The molecule has 0 fully saturated rings. The number of aryl methyl sites for hydroxylation is 1. The molecular formula is C20H29IN4O. The molecule has 2 aromatic rings. The minimum absolute atomic E-state index is 0. The third-order valence-electron chi connectivity index (χ3n) is 3.81. The summed E-state index contributed by atoms with van der Waals surface area (Å²) in [4.78, 5) is 8.71. The lowest BCUT2D eigenvalue weighted by Gasteiger charge is -2.14. The molecule has 2 rings (SSSR count). The summed E-state index contributed by atoms with van der Waals surface area (Å²) < 4.78 is 5.63. The van der Waals surface area contributed by atoms with E-state index in [1.165, 1.54) is 11.1 Å². The van der Waals surface area contributed by atoms with Crippen molar-refractivity contribution in [3.63, 3.8) is 0 Å². The third kappa shape index (κ3) is 8.03. The molecule has 5 nitrogen and oxygen atoms in total. The van der Waals surface area contributed by atoms with Crippen molar-refractivity contribution in [3.8, 4) is 5.75 Å². The molecule has 1 unspecified atom stereocenters. The standard InChI is InChI=1S/C20H28N4O.HI/c1-4-22-20(23-12-13-25-19-6-5-11-21-15-19)24-14-17(3)18-9-7-16(2)8-10-18;/h5-11,15,17H,4,12-14H2,1-3H3,(H2,22,23,24);1H. The van der Waals surface area contributed by atoms with Crippen LogP contribution in [0.1, 0.15) is 30.9 Å². The van der Waals surface area contributed by atoms with Gasteiger partial charge < -0.3 is 15.4 Å². The van der Waals surface area contributed by atoms with Crippen LogP contribution in [0.25, 0.3) is 0 Å². The molecule has 0 aliphatic heterocycles. The van der Waals surface area contributed by atoms with Crippen LogP contribution in [0.2, 0.25) is 0 Å². The number of hydrogen-bond donors (Lipinski definition) is 2. The van der Waals surface area contributed by atoms with Gasteiger partial charge in [0.2, 0.25) is 0 Å². The highest BCUT2D eigenvalue weighted by atomic mass is 127. The average molecular weight is 468 g/mol.